The van der Waals surface area contributed by atoms with E-state index < -0.39 is 5.97 Å². The predicted molar refractivity (Wildman–Crippen MR) is 96.7 cm³/mol. The van der Waals surface area contributed by atoms with Gasteiger partial charge in [-0.05, 0) is 81.4 Å². The van der Waals surface area contributed by atoms with E-state index >= 15 is 0 Å². The fraction of sp³-hybridized carbons (Fsp3) is 0.619. The van der Waals surface area contributed by atoms with Crippen molar-refractivity contribution in [1.29, 1.82) is 0 Å². The molecule has 0 saturated carbocycles. The summed E-state index contributed by atoms with van der Waals surface area (Å²) in [6.45, 7) is 3.93. The van der Waals surface area contributed by atoms with Crippen LogP contribution in [0.25, 0.3) is 0 Å². The molecule has 0 spiro atoms. The molecule has 2 aliphatic carbocycles. The highest BCUT2D eigenvalue weighted by molar-refractivity contribution is 6.18. The van der Waals surface area contributed by atoms with Gasteiger partial charge in [0.1, 0.15) is 5.57 Å². The molecule has 0 aromatic rings. The number of rotatable bonds is 7. The smallest absolute Gasteiger partial charge is 0.342 e. The van der Waals surface area contributed by atoms with Gasteiger partial charge in [0.25, 0.3) is 0 Å². The fourth-order valence-corrected chi connectivity index (χ4v) is 3.46. The van der Waals surface area contributed by atoms with E-state index in [9.17, 15) is 9.59 Å². The lowest BCUT2D eigenvalue weighted by Crippen LogP contribution is -2.19. The van der Waals surface area contributed by atoms with E-state index in [1.807, 2.05) is 0 Å². The molecule has 0 saturated heterocycles. The van der Waals surface area contributed by atoms with Crippen molar-refractivity contribution in [1.82, 2.24) is 0 Å². The van der Waals surface area contributed by atoms with Gasteiger partial charge in [0.2, 0.25) is 0 Å². The Bertz CT molecular complexity index is 536. The largest absolute Gasteiger partial charge is 0.462 e. The molecule has 3 nitrogen and oxygen atoms in total. The number of carbonyl (C=O) groups is 2. The molecule has 0 N–H and O–H groups in total. The maximum absolute atomic E-state index is 12.6. The molecular formula is C21H30O3. The van der Waals surface area contributed by atoms with Gasteiger partial charge in [0.15, 0.2) is 5.78 Å². The van der Waals surface area contributed by atoms with Gasteiger partial charge in [0, 0.05) is 0 Å². The van der Waals surface area contributed by atoms with Gasteiger partial charge in [-0.1, -0.05) is 25.5 Å². The maximum Gasteiger partial charge on any atom is 0.342 e. The summed E-state index contributed by atoms with van der Waals surface area (Å²) in [5.74, 6) is -0.617. The number of Topliss-reactive ketones (excluding diaryl/α,β-unsaturated/α-hetero) is 1. The standard InChI is InChI=1S/C21H30O3/c1-3-4-15-24-21(23)19(16(2)22)20(17-11-7-5-8-12-17)18-13-9-6-10-14-18/h11,13H,3-10,12,14-15H2,1-2H3. The molecule has 0 aromatic carbocycles. The van der Waals surface area contributed by atoms with Gasteiger partial charge in [-0.25, -0.2) is 4.79 Å². The molecule has 2 aliphatic rings. The molecule has 132 valence electrons. The Labute approximate surface area is 145 Å². The molecule has 0 fully saturated rings. The second-order valence-corrected chi connectivity index (χ2v) is 6.75. The van der Waals surface area contributed by atoms with Crippen LogP contribution in [-0.4, -0.2) is 18.4 Å². The van der Waals surface area contributed by atoms with Gasteiger partial charge in [0.05, 0.1) is 6.61 Å². The summed E-state index contributed by atoms with van der Waals surface area (Å²) in [5, 5.41) is 0. The molecule has 0 aliphatic heterocycles. The van der Waals surface area contributed by atoms with Gasteiger partial charge in [-0.3, -0.25) is 4.79 Å². The molecule has 0 atom stereocenters. The van der Waals surface area contributed by atoms with Crippen molar-refractivity contribution in [2.45, 2.75) is 78.1 Å². The van der Waals surface area contributed by atoms with E-state index in [0.29, 0.717) is 6.61 Å². The first-order chi connectivity index (χ1) is 11.6. The zero-order valence-corrected chi connectivity index (χ0v) is 15.2. The Balaban J connectivity index is 2.43. The molecule has 0 bridgehead atoms. The number of unbranched alkanes of at least 4 members (excludes halogenated alkanes) is 1. The number of allylic oxidation sites excluding steroid dienone is 5. The minimum atomic E-state index is -0.441. The molecule has 0 amide bonds. The quantitative estimate of drug-likeness (QED) is 0.211. The topological polar surface area (TPSA) is 43.4 Å². The van der Waals surface area contributed by atoms with Gasteiger partial charge in [-0.15, -0.1) is 0 Å². The number of carbonyl (C=O) groups excluding carboxylic acids is 2. The summed E-state index contributed by atoms with van der Waals surface area (Å²) in [6, 6.07) is 0. The van der Waals surface area contributed by atoms with Crippen molar-refractivity contribution < 1.29 is 14.3 Å². The lowest BCUT2D eigenvalue weighted by molar-refractivity contribution is -0.140. The van der Waals surface area contributed by atoms with Crippen molar-refractivity contribution in [2.75, 3.05) is 6.61 Å². The highest BCUT2D eigenvalue weighted by Crippen LogP contribution is 2.36. The van der Waals surface area contributed by atoms with Crippen LogP contribution < -0.4 is 0 Å². The lowest BCUT2D eigenvalue weighted by Gasteiger charge is -2.23. The van der Waals surface area contributed by atoms with Crippen LogP contribution in [0, 0.1) is 0 Å². The summed E-state index contributed by atoms with van der Waals surface area (Å²) in [6.07, 6.45) is 14.8. The average molecular weight is 330 g/mol. The molecular weight excluding hydrogens is 300 g/mol. The SMILES string of the molecule is CCCCOC(=O)C(C(C)=O)=C(C1=CCCCC1)C1=CCCCC1. The molecule has 2 rings (SSSR count). The third-order valence-electron chi connectivity index (χ3n) is 4.76. The summed E-state index contributed by atoms with van der Waals surface area (Å²) in [5.41, 5.74) is 3.51. The maximum atomic E-state index is 12.6. The average Bonchev–Trinajstić information content (AvgIpc) is 2.60. The second kappa shape index (κ2) is 9.61. The van der Waals surface area contributed by atoms with Crippen LogP contribution in [-0.2, 0) is 14.3 Å². The van der Waals surface area contributed by atoms with Crippen molar-refractivity contribution >= 4 is 11.8 Å². The van der Waals surface area contributed by atoms with Crippen LogP contribution in [0.1, 0.15) is 78.1 Å². The summed E-state index contributed by atoms with van der Waals surface area (Å²) in [4.78, 5) is 25.0. The minimum Gasteiger partial charge on any atom is -0.462 e. The van der Waals surface area contributed by atoms with E-state index in [1.165, 1.54) is 30.9 Å². The van der Waals surface area contributed by atoms with Crippen molar-refractivity contribution in [2.24, 2.45) is 0 Å². The van der Waals surface area contributed by atoms with Crippen molar-refractivity contribution in [3.05, 3.63) is 34.4 Å². The number of hydrogen-bond donors (Lipinski definition) is 0. The summed E-state index contributed by atoms with van der Waals surface area (Å²) < 4.78 is 5.40. The number of ether oxygens (including phenoxy) is 1. The monoisotopic (exact) mass is 330 g/mol. The second-order valence-electron chi connectivity index (χ2n) is 6.75. The minimum absolute atomic E-state index is 0.176. The zero-order valence-electron chi connectivity index (χ0n) is 15.2. The van der Waals surface area contributed by atoms with Crippen molar-refractivity contribution in [3.8, 4) is 0 Å². The van der Waals surface area contributed by atoms with Gasteiger partial charge in [-0.2, -0.15) is 0 Å². The van der Waals surface area contributed by atoms with E-state index in [-0.39, 0.29) is 11.4 Å². The summed E-state index contributed by atoms with van der Waals surface area (Å²) >= 11 is 0. The van der Waals surface area contributed by atoms with E-state index in [1.54, 1.807) is 0 Å². The normalized spacial score (nSPS) is 17.6. The Hall–Kier alpha value is -1.64. The third kappa shape index (κ3) is 4.93. The van der Waals surface area contributed by atoms with Crippen LogP contribution in [0.3, 0.4) is 0 Å². The predicted octanol–water partition coefficient (Wildman–Crippen LogP) is 5.22. The lowest BCUT2D eigenvalue weighted by atomic mass is 9.81. The highest BCUT2D eigenvalue weighted by Gasteiger charge is 2.27. The van der Waals surface area contributed by atoms with E-state index in [4.69, 9.17) is 4.74 Å². The first kappa shape index (κ1) is 18.7. The molecule has 3 heteroatoms. The zero-order chi connectivity index (χ0) is 17.4. The molecule has 0 radical (unpaired) electrons. The first-order valence-corrected chi connectivity index (χ1v) is 9.46. The van der Waals surface area contributed by atoms with Crippen LogP contribution in [0.4, 0.5) is 0 Å². The Morgan fingerprint density at radius 3 is 2.00 bits per heavy atom. The van der Waals surface area contributed by atoms with Crippen molar-refractivity contribution in [3.63, 3.8) is 0 Å². The number of ketones is 1. The van der Waals surface area contributed by atoms with Crippen LogP contribution in [0.2, 0.25) is 0 Å². The van der Waals surface area contributed by atoms with Crippen LogP contribution in [0.15, 0.2) is 34.4 Å². The van der Waals surface area contributed by atoms with Gasteiger partial charge < -0.3 is 4.74 Å². The number of esters is 1. The Morgan fingerprint density at radius 1 is 1.00 bits per heavy atom. The molecule has 0 heterocycles. The third-order valence-corrected chi connectivity index (χ3v) is 4.76. The van der Waals surface area contributed by atoms with E-state index in [0.717, 1.165) is 56.9 Å². The van der Waals surface area contributed by atoms with E-state index in [2.05, 4.69) is 19.1 Å². The molecule has 0 unspecified atom stereocenters. The fourth-order valence-electron chi connectivity index (χ4n) is 3.46. The number of hydrogen-bond acceptors (Lipinski definition) is 3. The van der Waals surface area contributed by atoms with Gasteiger partial charge >= 0.3 is 5.97 Å². The van der Waals surface area contributed by atoms with Crippen LogP contribution >= 0.6 is 0 Å². The summed E-state index contributed by atoms with van der Waals surface area (Å²) in [7, 11) is 0. The Morgan fingerprint density at radius 2 is 1.58 bits per heavy atom. The Kier molecular flexibility index (Phi) is 7.48. The van der Waals surface area contributed by atoms with Crippen LogP contribution in [0.5, 0.6) is 0 Å². The molecule has 24 heavy (non-hydrogen) atoms. The highest BCUT2D eigenvalue weighted by atomic mass is 16.5. The molecule has 0 aromatic heterocycles. The first-order valence-electron chi connectivity index (χ1n) is 9.46.